The van der Waals surface area contributed by atoms with Crippen LogP contribution in [-0.4, -0.2) is 42.7 Å². The van der Waals surface area contributed by atoms with Crippen LogP contribution in [0.1, 0.15) is 41.5 Å². The van der Waals surface area contributed by atoms with Crippen LogP contribution in [0.4, 0.5) is 13.2 Å². The molecule has 1 aromatic heterocycles. The smallest absolute Gasteiger partial charge is 0.418 e. The number of benzene rings is 4. The summed E-state index contributed by atoms with van der Waals surface area (Å²) in [4.78, 5) is 30.9. The Morgan fingerprint density at radius 2 is 1.71 bits per heavy atom. The standard InChI is InChI=1S/C40H34F3N3O5/c41-40(42,43)32-14-7-13-30-35(27(23-45-36(30)32)20-25-8-2-1-3-9-25)26-10-6-11-29(21-26)49-17-5-4-12-31-37(47)39(24-44,46-38(31)48)28-15-16-33-34(22-28)51-19-18-50-33/h1-3,6-11,13-16,21-24,31,44H,4-5,12,17-20H2,(H,46,48). The summed E-state index contributed by atoms with van der Waals surface area (Å²) < 4.78 is 59.2. The number of aromatic nitrogens is 1. The van der Waals surface area contributed by atoms with Crippen molar-refractivity contribution in [1.29, 1.82) is 5.41 Å². The minimum absolute atomic E-state index is 0.116. The molecule has 2 aliphatic heterocycles. The number of para-hydroxylation sites is 1. The summed E-state index contributed by atoms with van der Waals surface area (Å²) in [6, 6.07) is 26.0. The Kier molecular flexibility index (Phi) is 9.20. The van der Waals surface area contributed by atoms with Gasteiger partial charge >= 0.3 is 6.18 Å². The van der Waals surface area contributed by atoms with Crippen molar-refractivity contribution in [3.8, 4) is 28.4 Å². The molecule has 2 unspecified atom stereocenters. The molecule has 0 aliphatic carbocycles. The Morgan fingerprint density at radius 1 is 0.922 bits per heavy atom. The van der Waals surface area contributed by atoms with Crippen molar-refractivity contribution in [3.63, 3.8) is 0 Å². The first-order valence-corrected chi connectivity index (χ1v) is 16.7. The summed E-state index contributed by atoms with van der Waals surface area (Å²) in [6.07, 6.45) is -0.273. The van der Waals surface area contributed by atoms with Crippen LogP contribution in [0.5, 0.6) is 17.2 Å². The predicted molar refractivity (Wildman–Crippen MR) is 185 cm³/mol. The van der Waals surface area contributed by atoms with Crippen molar-refractivity contribution in [3.05, 3.63) is 119 Å². The molecule has 0 radical (unpaired) electrons. The van der Waals surface area contributed by atoms with E-state index in [0.29, 0.717) is 71.8 Å². The third kappa shape index (κ3) is 6.63. The van der Waals surface area contributed by atoms with Gasteiger partial charge in [0.05, 0.1) is 23.6 Å². The van der Waals surface area contributed by atoms with Crippen molar-refractivity contribution in [2.75, 3.05) is 19.8 Å². The molecule has 4 aromatic carbocycles. The van der Waals surface area contributed by atoms with Crippen molar-refractivity contribution in [2.45, 2.75) is 37.4 Å². The first-order chi connectivity index (χ1) is 24.7. The van der Waals surface area contributed by atoms with Crippen LogP contribution in [-0.2, 0) is 27.7 Å². The zero-order valence-corrected chi connectivity index (χ0v) is 27.5. The number of hydrogen-bond donors (Lipinski definition) is 2. The number of ether oxygens (including phenoxy) is 3. The van der Waals surface area contributed by atoms with Gasteiger partial charge in [-0.05, 0) is 83.8 Å². The van der Waals surface area contributed by atoms with Crippen molar-refractivity contribution < 1.29 is 37.0 Å². The van der Waals surface area contributed by atoms with Crippen molar-refractivity contribution >= 4 is 28.8 Å². The number of amides is 1. The van der Waals surface area contributed by atoms with E-state index in [1.165, 1.54) is 12.3 Å². The zero-order valence-electron chi connectivity index (χ0n) is 27.5. The number of Topliss-reactive ketones (excluding diaryl/α,β-unsaturated/α-hetero) is 1. The van der Waals surface area contributed by atoms with E-state index in [4.69, 9.17) is 19.6 Å². The fraction of sp³-hybridized carbons (Fsp3) is 0.250. The Hall–Kier alpha value is -5.71. The van der Waals surface area contributed by atoms with Crippen molar-refractivity contribution in [1.82, 2.24) is 10.3 Å². The molecule has 1 fully saturated rings. The number of rotatable bonds is 11. The summed E-state index contributed by atoms with van der Waals surface area (Å²) in [5, 5.41) is 11.2. The van der Waals surface area contributed by atoms with Gasteiger partial charge in [0, 0.05) is 17.8 Å². The number of fused-ring (bicyclic) bond motifs is 2. The Morgan fingerprint density at radius 3 is 2.49 bits per heavy atom. The van der Waals surface area contributed by atoms with Gasteiger partial charge in [0.25, 0.3) is 0 Å². The number of alkyl halides is 3. The number of nitrogens with one attached hydrogen (secondary N) is 2. The zero-order chi connectivity index (χ0) is 35.6. The van der Waals surface area contributed by atoms with Crippen LogP contribution in [0.2, 0.25) is 0 Å². The average Bonchev–Trinajstić information content (AvgIpc) is 3.39. The second kappa shape index (κ2) is 13.9. The summed E-state index contributed by atoms with van der Waals surface area (Å²) in [6.45, 7) is 1.07. The molecule has 5 aromatic rings. The first kappa shape index (κ1) is 33.8. The number of ketones is 1. The highest BCUT2D eigenvalue weighted by Gasteiger charge is 2.52. The fourth-order valence-corrected chi connectivity index (χ4v) is 6.86. The number of nitrogens with zero attached hydrogens (tertiary/aromatic N) is 1. The molecule has 2 aliphatic rings. The number of carbonyl (C=O) groups is 2. The summed E-state index contributed by atoms with van der Waals surface area (Å²) in [5.74, 6) is -0.212. The van der Waals surface area contributed by atoms with Gasteiger partial charge in [0.15, 0.2) is 22.8 Å². The van der Waals surface area contributed by atoms with Crippen LogP contribution >= 0.6 is 0 Å². The molecule has 0 spiro atoms. The molecule has 7 rings (SSSR count). The summed E-state index contributed by atoms with van der Waals surface area (Å²) in [7, 11) is 0. The predicted octanol–water partition coefficient (Wildman–Crippen LogP) is 7.69. The number of hydrogen-bond acceptors (Lipinski definition) is 7. The minimum Gasteiger partial charge on any atom is -0.494 e. The Bertz CT molecular complexity index is 2120. The number of carbonyl (C=O) groups excluding carboxylic acids is 2. The lowest BCUT2D eigenvalue weighted by Crippen LogP contribution is -2.45. The fourth-order valence-electron chi connectivity index (χ4n) is 6.86. The summed E-state index contributed by atoms with van der Waals surface area (Å²) >= 11 is 0. The lowest BCUT2D eigenvalue weighted by Gasteiger charge is -2.26. The van der Waals surface area contributed by atoms with Crippen LogP contribution in [0.3, 0.4) is 0 Å². The normalized spacial score (nSPS) is 18.5. The third-order valence-electron chi connectivity index (χ3n) is 9.35. The van der Waals surface area contributed by atoms with Gasteiger partial charge in [-0.3, -0.25) is 14.6 Å². The molecule has 0 bridgehead atoms. The Labute approximate surface area is 292 Å². The summed E-state index contributed by atoms with van der Waals surface area (Å²) in [5.41, 5.74) is 1.08. The maximum absolute atomic E-state index is 14.0. The van der Waals surface area contributed by atoms with E-state index < -0.39 is 34.9 Å². The maximum Gasteiger partial charge on any atom is 0.418 e. The average molecular weight is 694 g/mol. The van der Waals surface area contributed by atoms with Gasteiger partial charge in [-0.2, -0.15) is 13.2 Å². The van der Waals surface area contributed by atoms with Gasteiger partial charge in [0.2, 0.25) is 5.91 Å². The molecular formula is C40H34F3N3O5. The molecule has 1 amide bonds. The molecule has 2 atom stereocenters. The van der Waals surface area contributed by atoms with E-state index in [-0.39, 0.29) is 18.5 Å². The molecule has 1 saturated heterocycles. The molecule has 51 heavy (non-hydrogen) atoms. The monoisotopic (exact) mass is 693 g/mol. The van der Waals surface area contributed by atoms with Crippen molar-refractivity contribution in [2.24, 2.45) is 5.92 Å². The highest BCUT2D eigenvalue weighted by atomic mass is 19.4. The van der Waals surface area contributed by atoms with Gasteiger partial charge in [-0.1, -0.05) is 60.7 Å². The first-order valence-electron chi connectivity index (χ1n) is 16.7. The van der Waals surface area contributed by atoms with E-state index in [2.05, 4.69) is 10.3 Å². The van der Waals surface area contributed by atoms with E-state index in [9.17, 15) is 22.8 Å². The van der Waals surface area contributed by atoms with E-state index >= 15 is 0 Å². The number of halogens is 3. The highest BCUT2D eigenvalue weighted by molar-refractivity contribution is 6.20. The third-order valence-corrected chi connectivity index (χ3v) is 9.35. The SMILES string of the molecule is N=CC1(c2ccc3c(c2)OCCO3)NC(=O)C(CCCCOc2cccc(-c3c(Cc4ccccc4)cnc4c(C(F)(F)F)cccc34)c2)C1=O. The minimum atomic E-state index is -4.56. The van der Waals surface area contributed by atoms with E-state index in [0.717, 1.165) is 23.4 Å². The molecule has 8 nitrogen and oxygen atoms in total. The highest BCUT2D eigenvalue weighted by Crippen LogP contribution is 2.41. The van der Waals surface area contributed by atoms with Gasteiger partial charge in [0.1, 0.15) is 19.0 Å². The second-order valence-electron chi connectivity index (χ2n) is 12.6. The lowest BCUT2D eigenvalue weighted by atomic mass is 9.83. The number of pyridine rings is 1. The van der Waals surface area contributed by atoms with Crippen LogP contribution in [0, 0.1) is 11.3 Å². The molecular weight excluding hydrogens is 659 g/mol. The second-order valence-corrected chi connectivity index (χ2v) is 12.6. The van der Waals surface area contributed by atoms with E-state index in [1.54, 1.807) is 36.4 Å². The molecule has 2 N–H and O–H groups in total. The van der Waals surface area contributed by atoms with Gasteiger partial charge < -0.3 is 24.9 Å². The largest absolute Gasteiger partial charge is 0.494 e. The molecule has 11 heteroatoms. The van der Waals surface area contributed by atoms with Gasteiger partial charge in [-0.25, -0.2) is 0 Å². The van der Waals surface area contributed by atoms with Crippen LogP contribution < -0.4 is 19.5 Å². The topological polar surface area (TPSA) is 111 Å². The molecule has 260 valence electrons. The maximum atomic E-state index is 14.0. The van der Waals surface area contributed by atoms with E-state index in [1.807, 2.05) is 42.5 Å². The molecule has 0 saturated carbocycles. The quantitative estimate of drug-likeness (QED) is 0.0834. The molecule has 3 heterocycles. The Balaban J connectivity index is 1.05. The number of unbranched alkanes of at least 4 members (excludes halogenated alkanes) is 1. The van der Waals surface area contributed by atoms with Crippen LogP contribution in [0.25, 0.3) is 22.0 Å². The van der Waals surface area contributed by atoms with Gasteiger partial charge in [-0.15, -0.1) is 0 Å². The van der Waals surface area contributed by atoms with Crippen LogP contribution in [0.15, 0.2) is 97.2 Å². The lowest BCUT2D eigenvalue weighted by molar-refractivity contribution is -0.136.